The van der Waals surface area contributed by atoms with Crippen LogP contribution in [-0.2, 0) is 16.3 Å². The Bertz CT molecular complexity index is 1180. The molecule has 34 heavy (non-hydrogen) atoms. The molecular formula is C23H27N3O7S. The van der Waals surface area contributed by atoms with E-state index in [0.29, 0.717) is 37.1 Å². The Morgan fingerprint density at radius 3 is 2.15 bits per heavy atom. The lowest BCUT2D eigenvalue weighted by atomic mass is 10.1. The highest BCUT2D eigenvalue weighted by Crippen LogP contribution is 2.39. The van der Waals surface area contributed by atoms with Crippen molar-refractivity contribution in [2.75, 3.05) is 30.9 Å². The number of sulfone groups is 1. The van der Waals surface area contributed by atoms with Gasteiger partial charge in [0.25, 0.3) is 5.91 Å². The van der Waals surface area contributed by atoms with E-state index < -0.39 is 15.7 Å². The number of hydrogen-bond acceptors (Lipinski definition) is 9. The summed E-state index contributed by atoms with van der Waals surface area (Å²) >= 11 is 0. The second-order valence-electron chi connectivity index (χ2n) is 6.94. The number of benzene rings is 2. The fraction of sp³-hybridized carbons (Fsp3) is 0.348. The van der Waals surface area contributed by atoms with Gasteiger partial charge in [-0.15, -0.1) is 5.10 Å². The molecule has 1 amide bonds. The van der Waals surface area contributed by atoms with Crippen LogP contribution in [0, 0.1) is 0 Å². The van der Waals surface area contributed by atoms with Gasteiger partial charge in [-0.05, 0) is 45.0 Å². The molecule has 0 saturated heterocycles. The van der Waals surface area contributed by atoms with E-state index in [9.17, 15) is 13.2 Å². The van der Waals surface area contributed by atoms with Gasteiger partial charge < -0.3 is 18.6 Å². The van der Waals surface area contributed by atoms with Crippen LogP contribution in [0.3, 0.4) is 0 Å². The van der Waals surface area contributed by atoms with Crippen molar-refractivity contribution in [3.63, 3.8) is 0 Å². The van der Waals surface area contributed by atoms with Gasteiger partial charge in [-0.1, -0.05) is 23.3 Å². The number of amides is 1. The van der Waals surface area contributed by atoms with E-state index in [4.69, 9.17) is 18.6 Å². The molecule has 3 rings (SSSR count). The summed E-state index contributed by atoms with van der Waals surface area (Å²) in [7, 11) is -3.50. The van der Waals surface area contributed by atoms with Crippen molar-refractivity contribution in [2.24, 2.45) is 0 Å². The molecule has 182 valence electrons. The third-order valence-electron chi connectivity index (χ3n) is 4.55. The molecule has 0 bridgehead atoms. The summed E-state index contributed by atoms with van der Waals surface area (Å²) in [6.07, 6.45) is 0.00608. The Kier molecular flexibility index (Phi) is 8.47. The van der Waals surface area contributed by atoms with Crippen LogP contribution in [-0.4, -0.2) is 50.1 Å². The van der Waals surface area contributed by atoms with Crippen LogP contribution in [0.2, 0.25) is 0 Å². The van der Waals surface area contributed by atoms with E-state index in [0.717, 1.165) is 0 Å². The van der Waals surface area contributed by atoms with Crippen LogP contribution < -0.4 is 19.5 Å². The van der Waals surface area contributed by atoms with E-state index in [1.165, 1.54) is 24.3 Å². The maximum absolute atomic E-state index is 12.8. The molecule has 1 N–H and O–H groups in total. The fourth-order valence-electron chi connectivity index (χ4n) is 3.06. The van der Waals surface area contributed by atoms with Crippen LogP contribution in [0.4, 0.5) is 6.01 Å². The first-order chi connectivity index (χ1) is 16.4. The fourth-order valence-corrected chi connectivity index (χ4v) is 4.31. The molecule has 11 heteroatoms. The Morgan fingerprint density at radius 1 is 0.941 bits per heavy atom. The summed E-state index contributed by atoms with van der Waals surface area (Å²) in [5, 5.41) is 10.1. The van der Waals surface area contributed by atoms with Crippen molar-refractivity contribution in [1.29, 1.82) is 0 Å². The van der Waals surface area contributed by atoms with Gasteiger partial charge in [0.1, 0.15) is 0 Å². The van der Waals surface area contributed by atoms with Crippen LogP contribution in [0.1, 0.15) is 37.0 Å². The molecule has 2 aromatic carbocycles. The molecule has 0 fully saturated rings. The van der Waals surface area contributed by atoms with Crippen LogP contribution >= 0.6 is 0 Å². The first-order valence-electron chi connectivity index (χ1n) is 10.9. The Balaban J connectivity index is 1.72. The van der Waals surface area contributed by atoms with E-state index >= 15 is 0 Å². The molecule has 10 nitrogen and oxygen atoms in total. The third kappa shape index (κ3) is 6.25. The predicted octanol–water partition coefficient (Wildman–Crippen LogP) is 3.53. The summed E-state index contributed by atoms with van der Waals surface area (Å²) in [5.74, 6) is 0.516. The van der Waals surface area contributed by atoms with Crippen molar-refractivity contribution in [3.8, 4) is 17.2 Å². The third-order valence-corrected chi connectivity index (χ3v) is 6.28. The highest BCUT2D eigenvalue weighted by atomic mass is 32.2. The molecule has 0 aliphatic rings. The van der Waals surface area contributed by atoms with Crippen LogP contribution in [0.15, 0.2) is 51.8 Å². The zero-order valence-electron chi connectivity index (χ0n) is 19.2. The first kappa shape index (κ1) is 25.0. The number of carbonyl (C=O) groups is 1. The lowest BCUT2D eigenvalue weighted by molar-refractivity contribution is 0.102. The maximum atomic E-state index is 12.8. The largest absolute Gasteiger partial charge is 0.490 e. The Morgan fingerprint density at radius 2 is 1.56 bits per heavy atom. The lowest BCUT2D eigenvalue weighted by Crippen LogP contribution is -2.13. The average Bonchev–Trinajstić information content (AvgIpc) is 3.28. The molecule has 1 aromatic heterocycles. The smallest absolute Gasteiger partial charge is 0.322 e. The first-order valence-corrected chi connectivity index (χ1v) is 12.5. The number of nitrogens with one attached hydrogen (secondary N) is 1. The highest BCUT2D eigenvalue weighted by Gasteiger charge is 2.21. The van der Waals surface area contributed by atoms with Crippen LogP contribution in [0.5, 0.6) is 17.2 Å². The molecule has 1 heterocycles. The van der Waals surface area contributed by atoms with Gasteiger partial charge >= 0.3 is 6.01 Å². The number of aryl methyl sites for hydroxylation is 1. The summed E-state index contributed by atoms with van der Waals surface area (Å²) in [5.41, 5.74) is 0.238. The van der Waals surface area contributed by atoms with E-state index in [1.54, 1.807) is 18.2 Å². The Hall–Kier alpha value is -3.60. The molecule has 0 aliphatic carbocycles. The summed E-state index contributed by atoms with van der Waals surface area (Å²) in [6.45, 7) is 6.62. The quantitative estimate of drug-likeness (QED) is 0.406. The second-order valence-corrected chi connectivity index (χ2v) is 9.05. The van der Waals surface area contributed by atoms with Crippen molar-refractivity contribution in [1.82, 2.24) is 10.2 Å². The minimum Gasteiger partial charge on any atom is -0.490 e. The minimum atomic E-state index is -3.50. The zero-order valence-corrected chi connectivity index (χ0v) is 20.1. The minimum absolute atomic E-state index is 0.00608. The van der Waals surface area contributed by atoms with E-state index in [2.05, 4.69) is 15.5 Å². The normalized spacial score (nSPS) is 11.1. The average molecular weight is 490 g/mol. The van der Waals surface area contributed by atoms with Gasteiger partial charge in [-0.25, -0.2) is 8.42 Å². The molecule has 0 spiro atoms. The number of ether oxygens (including phenoxy) is 3. The molecule has 0 saturated carbocycles. The monoisotopic (exact) mass is 489 g/mol. The number of nitrogens with zero attached hydrogens (tertiary/aromatic N) is 2. The number of carbonyl (C=O) groups excluding carboxylic acids is 1. The number of hydrogen-bond donors (Lipinski definition) is 1. The summed E-state index contributed by atoms with van der Waals surface area (Å²) in [4.78, 5) is 13.0. The van der Waals surface area contributed by atoms with Crippen LogP contribution in [0.25, 0.3) is 0 Å². The van der Waals surface area contributed by atoms with Crippen molar-refractivity contribution in [2.45, 2.75) is 32.1 Å². The SMILES string of the molecule is CCOc1cc(C(=O)Nc2nnc(CCS(=O)(=O)c3ccccc3)o2)cc(OCC)c1OCC. The molecule has 0 radical (unpaired) electrons. The molecule has 0 unspecified atom stereocenters. The summed E-state index contributed by atoms with van der Waals surface area (Å²) < 4.78 is 47.2. The molecule has 3 aromatic rings. The lowest BCUT2D eigenvalue weighted by Gasteiger charge is -2.16. The second kappa shape index (κ2) is 11.5. The highest BCUT2D eigenvalue weighted by molar-refractivity contribution is 7.91. The van der Waals surface area contributed by atoms with Crippen molar-refractivity contribution in [3.05, 3.63) is 53.9 Å². The summed E-state index contributed by atoms with van der Waals surface area (Å²) in [6, 6.07) is 11.0. The number of rotatable bonds is 12. The zero-order chi connectivity index (χ0) is 24.6. The topological polar surface area (TPSA) is 130 Å². The Labute approximate surface area is 198 Å². The van der Waals surface area contributed by atoms with Crippen molar-refractivity contribution < 1.29 is 31.8 Å². The van der Waals surface area contributed by atoms with E-state index in [1.807, 2.05) is 20.8 Å². The molecule has 0 atom stereocenters. The maximum Gasteiger partial charge on any atom is 0.322 e. The molecule has 0 aliphatic heterocycles. The van der Waals surface area contributed by atoms with Gasteiger partial charge in [-0.3, -0.25) is 10.1 Å². The van der Waals surface area contributed by atoms with Gasteiger partial charge in [0, 0.05) is 12.0 Å². The standard InChI is InChI=1S/C23H27N3O7S/c1-4-30-18-14-16(15-19(31-5-2)21(18)32-6-3)22(27)24-23-26-25-20(33-23)12-13-34(28,29)17-10-8-7-9-11-17/h7-11,14-15H,4-6,12-13H2,1-3H3,(H,24,26,27). The van der Waals surface area contributed by atoms with E-state index in [-0.39, 0.29) is 34.5 Å². The van der Waals surface area contributed by atoms with Gasteiger partial charge in [0.2, 0.25) is 11.6 Å². The van der Waals surface area contributed by atoms with Crippen molar-refractivity contribution >= 4 is 21.8 Å². The predicted molar refractivity (Wildman–Crippen MR) is 124 cm³/mol. The number of anilines is 1. The van der Waals surface area contributed by atoms with Gasteiger partial charge in [-0.2, -0.15) is 0 Å². The van der Waals surface area contributed by atoms with Gasteiger partial charge in [0.15, 0.2) is 21.3 Å². The number of aromatic nitrogens is 2. The van der Waals surface area contributed by atoms with Gasteiger partial charge in [0.05, 0.1) is 30.5 Å². The molecular weight excluding hydrogens is 462 g/mol.